The predicted octanol–water partition coefficient (Wildman–Crippen LogP) is 1.77. The van der Waals surface area contributed by atoms with E-state index in [-0.39, 0.29) is 18.1 Å². The van der Waals surface area contributed by atoms with Crippen molar-refractivity contribution in [3.8, 4) is 0 Å². The van der Waals surface area contributed by atoms with Gasteiger partial charge < -0.3 is 14.6 Å². The summed E-state index contributed by atoms with van der Waals surface area (Å²) in [7, 11) is 0. The molecule has 1 amide bonds. The van der Waals surface area contributed by atoms with Crippen LogP contribution in [0.2, 0.25) is 0 Å². The van der Waals surface area contributed by atoms with Gasteiger partial charge in [-0.3, -0.25) is 9.69 Å². The van der Waals surface area contributed by atoms with E-state index >= 15 is 0 Å². The van der Waals surface area contributed by atoms with E-state index in [0.717, 1.165) is 62.4 Å². The zero-order valence-electron chi connectivity index (χ0n) is 14.1. The van der Waals surface area contributed by atoms with E-state index in [1.807, 2.05) is 36.1 Å². The Labute approximate surface area is 141 Å². The molecular weight excluding hydrogens is 304 g/mol. The van der Waals surface area contributed by atoms with Crippen LogP contribution < -0.4 is 0 Å². The monoisotopic (exact) mass is 328 g/mol. The summed E-state index contributed by atoms with van der Waals surface area (Å²) < 4.78 is 5.71. The van der Waals surface area contributed by atoms with Gasteiger partial charge in [0.15, 0.2) is 0 Å². The number of imidazole rings is 1. The van der Waals surface area contributed by atoms with Crippen molar-refractivity contribution in [2.24, 2.45) is 0 Å². The molecular formula is C18H24N4O2. The third-order valence-electron chi connectivity index (χ3n) is 5.00. The second-order valence-corrected chi connectivity index (χ2v) is 6.81. The maximum absolute atomic E-state index is 12.5. The van der Waals surface area contributed by atoms with Crippen LogP contribution in [0.15, 0.2) is 24.3 Å². The van der Waals surface area contributed by atoms with Gasteiger partial charge in [-0.2, -0.15) is 0 Å². The lowest BCUT2D eigenvalue weighted by atomic mass is 10.2. The summed E-state index contributed by atoms with van der Waals surface area (Å²) in [6.45, 7) is 6.14. The molecule has 0 unspecified atom stereocenters. The number of hydrogen-bond acceptors (Lipinski definition) is 4. The molecule has 24 heavy (non-hydrogen) atoms. The molecule has 2 aromatic rings. The SMILES string of the molecule is C[C@H]1CC[C@@H](C(=O)N2CCN(Cc3nc4ccccc4[nH]3)CC2)O1. The number of H-pyrrole nitrogens is 1. The van der Waals surface area contributed by atoms with Crippen LogP contribution in [0.4, 0.5) is 0 Å². The van der Waals surface area contributed by atoms with Crippen molar-refractivity contribution in [1.29, 1.82) is 0 Å². The number of carbonyl (C=O) groups excluding carboxylic acids is 1. The molecule has 0 spiro atoms. The highest BCUT2D eigenvalue weighted by Gasteiger charge is 2.33. The molecule has 0 bridgehead atoms. The smallest absolute Gasteiger partial charge is 0.251 e. The Bertz CT molecular complexity index is 688. The van der Waals surface area contributed by atoms with E-state index in [1.165, 1.54) is 0 Å². The maximum atomic E-state index is 12.5. The number of nitrogens with one attached hydrogen (secondary N) is 1. The molecule has 128 valence electrons. The van der Waals surface area contributed by atoms with Gasteiger partial charge in [-0.1, -0.05) is 12.1 Å². The Morgan fingerprint density at radius 1 is 1.25 bits per heavy atom. The van der Waals surface area contributed by atoms with Gasteiger partial charge in [0.1, 0.15) is 11.9 Å². The standard InChI is InChI=1S/C18H24N4O2/c1-13-6-7-16(24-13)18(23)22-10-8-21(9-11-22)12-17-19-14-4-2-3-5-15(14)20-17/h2-5,13,16H,6-12H2,1H3,(H,19,20)/t13-,16-/m0/s1. The van der Waals surface area contributed by atoms with Crippen molar-refractivity contribution < 1.29 is 9.53 Å². The van der Waals surface area contributed by atoms with Gasteiger partial charge in [0.25, 0.3) is 5.91 Å². The van der Waals surface area contributed by atoms with E-state index in [9.17, 15) is 4.79 Å². The second kappa shape index (κ2) is 6.53. The molecule has 2 aliphatic heterocycles. The lowest BCUT2D eigenvalue weighted by molar-refractivity contribution is -0.144. The number of fused-ring (bicyclic) bond motifs is 1. The molecule has 0 aliphatic carbocycles. The Balaban J connectivity index is 1.32. The first-order valence-electron chi connectivity index (χ1n) is 8.79. The van der Waals surface area contributed by atoms with Crippen molar-refractivity contribution in [3.63, 3.8) is 0 Å². The van der Waals surface area contributed by atoms with E-state index in [4.69, 9.17) is 4.74 Å². The Kier molecular flexibility index (Phi) is 4.24. The lowest BCUT2D eigenvalue weighted by Gasteiger charge is -2.35. The molecule has 1 aromatic carbocycles. The summed E-state index contributed by atoms with van der Waals surface area (Å²) >= 11 is 0. The Morgan fingerprint density at radius 3 is 2.75 bits per heavy atom. The fourth-order valence-electron chi connectivity index (χ4n) is 3.61. The number of benzene rings is 1. The van der Waals surface area contributed by atoms with Crippen LogP contribution in [0.1, 0.15) is 25.6 Å². The summed E-state index contributed by atoms with van der Waals surface area (Å²) in [5, 5.41) is 0. The zero-order chi connectivity index (χ0) is 16.5. The number of hydrogen-bond donors (Lipinski definition) is 1. The van der Waals surface area contributed by atoms with Gasteiger partial charge in [0.2, 0.25) is 0 Å². The van der Waals surface area contributed by atoms with Crippen LogP contribution in [0, 0.1) is 0 Å². The summed E-state index contributed by atoms with van der Waals surface area (Å²) in [5.41, 5.74) is 2.09. The lowest BCUT2D eigenvalue weighted by Crippen LogP contribution is -2.51. The minimum absolute atomic E-state index is 0.169. The van der Waals surface area contributed by atoms with Gasteiger partial charge in [0.05, 0.1) is 23.7 Å². The molecule has 1 aromatic heterocycles. The summed E-state index contributed by atoms with van der Waals surface area (Å²) in [6, 6.07) is 8.09. The number of carbonyl (C=O) groups is 1. The fourth-order valence-corrected chi connectivity index (χ4v) is 3.61. The first kappa shape index (κ1) is 15.6. The van der Waals surface area contributed by atoms with Crippen molar-refractivity contribution in [2.45, 2.75) is 38.5 Å². The first-order chi connectivity index (χ1) is 11.7. The molecule has 2 aliphatic rings. The summed E-state index contributed by atoms with van der Waals surface area (Å²) in [5.74, 6) is 1.16. The number of amides is 1. The number of rotatable bonds is 3. The average Bonchev–Trinajstić information content (AvgIpc) is 3.20. The minimum atomic E-state index is -0.220. The van der Waals surface area contributed by atoms with Crippen LogP contribution in [0.3, 0.4) is 0 Å². The molecule has 2 fully saturated rings. The number of ether oxygens (including phenoxy) is 1. The van der Waals surface area contributed by atoms with E-state index in [0.29, 0.717) is 0 Å². The molecule has 3 heterocycles. The third-order valence-corrected chi connectivity index (χ3v) is 5.00. The van der Waals surface area contributed by atoms with Gasteiger partial charge in [-0.05, 0) is 31.9 Å². The van der Waals surface area contributed by atoms with E-state index in [2.05, 4.69) is 14.9 Å². The van der Waals surface area contributed by atoms with Crippen LogP contribution >= 0.6 is 0 Å². The Morgan fingerprint density at radius 2 is 2.04 bits per heavy atom. The van der Waals surface area contributed by atoms with Crippen LogP contribution in [0.5, 0.6) is 0 Å². The largest absolute Gasteiger partial charge is 0.365 e. The molecule has 2 atom stereocenters. The zero-order valence-corrected chi connectivity index (χ0v) is 14.1. The first-order valence-corrected chi connectivity index (χ1v) is 8.79. The number of para-hydroxylation sites is 2. The molecule has 4 rings (SSSR count). The van der Waals surface area contributed by atoms with Gasteiger partial charge >= 0.3 is 0 Å². The molecule has 1 N–H and O–H groups in total. The van der Waals surface area contributed by atoms with E-state index < -0.39 is 0 Å². The quantitative estimate of drug-likeness (QED) is 0.933. The normalized spacial score (nSPS) is 25.5. The molecule has 0 radical (unpaired) electrons. The van der Waals surface area contributed by atoms with Crippen molar-refractivity contribution in [3.05, 3.63) is 30.1 Å². The van der Waals surface area contributed by atoms with Crippen molar-refractivity contribution >= 4 is 16.9 Å². The van der Waals surface area contributed by atoms with Crippen LogP contribution in [-0.4, -0.2) is 64.1 Å². The van der Waals surface area contributed by atoms with Crippen LogP contribution in [-0.2, 0) is 16.1 Å². The van der Waals surface area contributed by atoms with Gasteiger partial charge in [0, 0.05) is 26.2 Å². The highest BCUT2D eigenvalue weighted by molar-refractivity contribution is 5.81. The molecule has 6 heteroatoms. The molecule has 6 nitrogen and oxygen atoms in total. The van der Waals surface area contributed by atoms with Crippen molar-refractivity contribution in [1.82, 2.24) is 19.8 Å². The number of aromatic nitrogens is 2. The Hall–Kier alpha value is -1.92. The third kappa shape index (κ3) is 3.16. The maximum Gasteiger partial charge on any atom is 0.251 e. The van der Waals surface area contributed by atoms with Gasteiger partial charge in [-0.15, -0.1) is 0 Å². The summed E-state index contributed by atoms with van der Waals surface area (Å²) in [6.07, 6.45) is 1.84. The van der Waals surface area contributed by atoms with Crippen molar-refractivity contribution in [2.75, 3.05) is 26.2 Å². The fraction of sp³-hybridized carbons (Fsp3) is 0.556. The molecule has 2 saturated heterocycles. The highest BCUT2D eigenvalue weighted by atomic mass is 16.5. The number of nitrogens with zero attached hydrogens (tertiary/aromatic N) is 3. The number of aromatic amines is 1. The van der Waals surface area contributed by atoms with Crippen LogP contribution in [0.25, 0.3) is 11.0 Å². The summed E-state index contributed by atoms with van der Waals surface area (Å²) in [4.78, 5) is 24.8. The topological polar surface area (TPSA) is 61.5 Å². The molecule has 0 saturated carbocycles. The highest BCUT2D eigenvalue weighted by Crippen LogP contribution is 2.21. The van der Waals surface area contributed by atoms with E-state index in [1.54, 1.807) is 0 Å². The number of piperazine rings is 1. The second-order valence-electron chi connectivity index (χ2n) is 6.81. The average molecular weight is 328 g/mol. The predicted molar refractivity (Wildman–Crippen MR) is 91.5 cm³/mol. The van der Waals surface area contributed by atoms with Gasteiger partial charge in [-0.25, -0.2) is 4.98 Å². The minimum Gasteiger partial charge on any atom is -0.365 e.